The first kappa shape index (κ1) is 10.9. The summed E-state index contributed by atoms with van der Waals surface area (Å²) in [6.07, 6.45) is 3.09. The molecule has 0 aliphatic carbocycles. The normalized spacial score (nSPS) is 21.0. The van der Waals surface area contributed by atoms with Gasteiger partial charge < -0.3 is 10.2 Å². The SMILES string of the molecule is CNC1CCN(c2cc(C)c(Br)cn2)C1. The van der Waals surface area contributed by atoms with E-state index >= 15 is 0 Å². The molecule has 0 spiro atoms. The smallest absolute Gasteiger partial charge is 0.128 e. The Labute approximate surface area is 99.0 Å². The Morgan fingerprint density at radius 3 is 3.00 bits per heavy atom. The maximum atomic E-state index is 4.44. The van der Waals surface area contributed by atoms with Crippen LogP contribution in [0, 0.1) is 6.92 Å². The van der Waals surface area contributed by atoms with Gasteiger partial charge in [0, 0.05) is 29.8 Å². The average Bonchev–Trinajstić information content (AvgIpc) is 2.70. The van der Waals surface area contributed by atoms with Crippen LogP contribution in [-0.2, 0) is 0 Å². The third-order valence-corrected chi connectivity index (χ3v) is 3.78. The zero-order chi connectivity index (χ0) is 10.8. The minimum absolute atomic E-state index is 0.607. The lowest BCUT2D eigenvalue weighted by molar-refractivity contribution is 0.616. The predicted octanol–water partition coefficient (Wildman–Crippen LogP) is 1.95. The van der Waals surface area contributed by atoms with Crippen LogP contribution in [0.25, 0.3) is 0 Å². The second-order valence-corrected chi connectivity index (χ2v) is 4.87. The monoisotopic (exact) mass is 269 g/mol. The summed E-state index contributed by atoms with van der Waals surface area (Å²) in [5.41, 5.74) is 1.24. The summed E-state index contributed by atoms with van der Waals surface area (Å²) in [5, 5.41) is 3.31. The number of pyridine rings is 1. The summed E-state index contributed by atoms with van der Waals surface area (Å²) in [4.78, 5) is 6.78. The predicted molar refractivity (Wildman–Crippen MR) is 66.4 cm³/mol. The molecule has 2 rings (SSSR count). The number of nitrogens with zero attached hydrogens (tertiary/aromatic N) is 2. The van der Waals surface area contributed by atoms with E-state index in [1.54, 1.807) is 0 Å². The molecule has 1 atom stereocenters. The number of hydrogen-bond donors (Lipinski definition) is 1. The van der Waals surface area contributed by atoms with Crippen molar-refractivity contribution >= 4 is 21.7 Å². The molecule has 1 fully saturated rings. The summed E-state index contributed by atoms with van der Waals surface area (Å²) in [6.45, 7) is 4.25. The highest BCUT2D eigenvalue weighted by atomic mass is 79.9. The van der Waals surface area contributed by atoms with Gasteiger partial charge in [0.05, 0.1) is 0 Å². The number of rotatable bonds is 2. The third kappa shape index (κ3) is 2.32. The first-order chi connectivity index (χ1) is 7.20. The zero-order valence-electron chi connectivity index (χ0n) is 9.13. The fourth-order valence-electron chi connectivity index (χ4n) is 1.90. The number of halogens is 1. The fraction of sp³-hybridized carbons (Fsp3) is 0.545. The topological polar surface area (TPSA) is 28.2 Å². The Morgan fingerprint density at radius 1 is 1.60 bits per heavy atom. The molecule has 0 saturated carbocycles. The van der Waals surface area contributed by atoms with Crippen LogP contribution in [0.2, 0.25) is 0 Å². The first-order valence-electron chi connectivity index (χ1n) is 5.25. The summed E-state index contributed by atoms with van der Waals surface area (Å²) in [6, 6.07) is 2.75. The van der Waals surface area contributed by atoms with Crippen LogP contribution in [0.15, 0.2) is 16.7 Å². The van der Waals surface area contributed by atoms with E-state index in [0.29, 0.717) is 6.04 Å². The Kier molecular flexibility index (Phi) is 3.26. The highest BCUT2D eigenvalue weighted by Crippen LogP contribution is 2.22. The van der Waals surface area contributed by atoms with Gasteiger partial charge in [-0.15, -0.1) is 0 Å². The van der Waals surface area contributed by atoms with Gasteiger partial charge in [0.15, 0.2) is 0 Å². The van der Waals surface area contributed by atoms with E-state index in [9.17, 15) is 0 Å². The van der Waals surface area contributed by atoms with Crippen molar-refractivity contribution in [3.8, 4) is 0 Å². The summed E-state index contributed by atoms with van der Waals surface area (Å²) in [5.74, 6) is 1.09. The molecule has 1 N–H and O–H groups in total. The van der Waals surface area contributed by atoms with Gasteiger partial charge in [0.2, 0.25) is 0 Å². The number of hydrogen-bond acceptors (Lipinski definition) is 3. The van der Waals surface area contributed by atoms with Gasteiger partial charge in [-0.25, -0.2) is 4.98 Å². The minimum Gasteiger partial charge on any atom is -0.355 e. The maximum Gasteiger partial charge on any atom is 0.128 e. The number of likely N-dealkylation sites (N-methyl/N-ethyl adjacent to an activating group) is 1. The van der Waals surface area contributed by atoms with Crippen LogP contribution < -0.4 is 10.2 Å². The van der Waals surface area contributed by atoms with Crippen molar-refractivity contribution < 1.29 is 0 Å². The molecule has 0 amide bonds. The molecule has 3 nitrogen and oxygen atoms in total. The van der Waals surface area contributed by atoms with Crippen molar-refractivity contribution in [3.63, 3.8) is 0 Å². The highest BCUT2D eigenvalue weighted by Gasteiger charge is 2.21. The number of aromatic nitrogens is 1. The van der Waals surface area contributed by atoms with Crippen LogP contribution in [0.5, 0.6) is 0 Å². The molecule has 82 valence electrons. The van der Waals surface area contributed by atoms with Crippen molar-refractivity contribution in [1.82, 2.24) is 10.3 Å². The van der Waals surface area contributed by atoms with Crippen LogP contribution in [0.1, 0.15) is 12.0 Å². The molecular formula is C11H16BrN3. The standard InChI is InChI=1S/C11H16BrN3/c1-8-5-11(14-6-10(8)12)15-4-3-9(7-15)13-2/h5-6,9,13H,3-4,7H2,1-2H3. The van der Waals surface area contributed by atoms with E-state index < -0.39 is 0 Å². The molecular weight excluding hydrogens is 254 g/mol. The Bertz CT molecular complexity index is 354. The summed E-state index contributed by atoms with van der Waals surface area (Å²) < 4.78 is 1.08. The quantitative estimate of drug-likeness (QED) is 0.890. The largest absolute Gasteiger partial charge is 0.355 e. The van der Waals surface area contributed by atoms with Gasteiger partial charge in [-0.1, -0.05) is 0 Å². The molecule has 2 heterocycles. The maximum absolute atomic E-state index is 4.44. The van der Waals surface area contributed by atoms with Crippen molar-refractivity contribution in [2.75, 3.05) is 25.0 Å². The minimum atomic E-state index is 0.607. The molecule has 15 heavy (non-hydrogen) atoms. The molecule has 0 aromatic carbocycles. The van der Waals surface area contributed by atoms with Gasteiger partial charge in [-0.05, 0) is 48.0 Å². The number of aryl methyl sites for hydroxylation is 1. The summed E-state index contributed by atoms with van der Waals surface area (Å²) in [7, 11) is 2.02. The van der Waals surface area contributed by atoms with Crippen molar-refractivity contribution in [2.45, 2.75) is 19.4 Å². The first-order valence-corrected chi connectivity index (χ1v) is 6.04. The number of nitrogens with one attached hydrogen (secondary N) is 1. The lowest BCUT2D eigenvalue weighted by Crippen LogP contribution is -2.29. The molecule has 1 aromatic rings. The lowest BCUT2D eigenvalue weighted by atomic mass is 10.3. The van der Waals surface area contributed by atoms with Crippen LogP contribution in [0.3, 0.4) is 0 Å². The molecule has 1 aliphatic rings. The molecule has 4 heteroatoms. The van der Waals surface area contributed by atoms with E-state index in [4.69, 9.17) is 0 Å². The van der Waals surface area contributed by atoms with Crippen molar-refractivity contribution in [2.24, 2.45) is 0 Å². The Morgan fingerprint density at radius 2 is 2.40 bits per heavy atom. The van der Waals surface area contributed by atoms with Crippen molar-refractivity contribution in [1.29, 1.82) is 0 Å². The Hall–Kier alpha value is -0.610. The highest BCUT2D eigenvalue weighted by molar-refractivity contribution is 9.10. The van der Waals surface area contributed by atoms with Gasteiger partial charge in [0.1, 0.15) is 5.82 Å². The second kappa shape index (κ2) is 4.49. The van der Waals surface area contributed by atoms with E-state index in [0.717, 1.165) is 23.4 Å². The van der Waals surface area contributed by atoms with Gasteiger partial charge in [-0.3, -0.25) is 0 Å². The molecule has 0 radical (unpaired) electrons. The second-order valence-electron chi connectivity index (χ2n) is 4.01. The number of anilines is 1. The lowest BCUT2D eigenvalue weighted by Gasteiger charge is -2.18. The van der Waals surface area contributed by atoms with Gasteiger partial charge in [0.25, 0.3) is 0 Å². The van der Waals surface area contributed by atoms with Crippen molar-refractivity contribution in [3.05, 3.63) is 22.3 Å². The van der Waals surface area contributed by atoms with E-state index in [-0.39, 0.29) is 0 Å². The molecule has 1 aromatic heterocycles. The summed E-state index contributed by atoms with van der Waals surface area (Å²) >= 11 is 3.47. The van der Waals surface area contributed by atoms with Crippen LogP contribution in [-0.4, -0.2) is 31.2 Å². The van der Waals surface area contributed by atoms with E-state index in [2.05, 4.69) is 44.1 Å². The van der Waals surface area contributed by atoms with E-state index in [1.807, 2.05) is 13.2 Å². The Balaban J connectivity index is 2.13. The zero-order valence-corrected chi connectivity index (χ0v) is 10.7. The fourth-order valence-corrected chi connectivity index (χ4v) is 2.12. The van der Waals surface area contributed by atoms with Crippen LogP contribution in [0.4, 0.5) is 5.82 Å². The van der Waals surface area contributed by atoms with Crippen LogP contribution >= 0.6 is 15.9 Å². The van der Waals surface area contributed by atoms with E-state index in [1.165, 1.54) is 12.0 Å². The van der Waals surface area contributed by atoms with Gasteiger partial charge in [-0.2, -0.15) is 0 Å². The molecule has 0 bridgehead atoms. The molecule has 1 saturated heterocycles. The average molecular weight is 270 g/mol. The van der Waals surface area contributed by atoms with Gasteiger partial charge >= 0.3 is 0 Å². The third-order valence-electron chi connectivity index (χ3n) is 2.95. The molecule has 1 aliphatic heterocycles. The molecule has 1 unspecified atom stereocenters.